The van der Waals surface area contributed by atoms with Crippen molar-refractivity contribution in [2.45, 2.75) is 18.9 Å². The van der Waals surface area contributed by atoms with Gasteiger partial charge in [-0.1, -0.05) is 6.07 Å². The molecule has 2 aliphatic rings. The van der Waals surface area contributed by atoms with E-state index in [4.69, 9.17) is 4.74 Å². The van der Waals surface area contributed by atoms with Crippen LogP contribution in [0.5, 0.6) is 0 Å². The first-order valence-electron chi connectivity index (χ1n) is 9.20. The van der Waals surface area contributed by atoms with Crippen molar-refractivity contribution < 1.29 is 9.13 Å². The molecule has 1 aromatic heterocycles. The molecule has 2 saturated heterocycles. The van der Waals surface area contributed by atoms with Crippen LogP contribution in [0.2, 0.25) is 0 Å². The van der Waals surface area contributed by atoms with E-state index in [-0.39, 0.29) is 5.82 Å². The highest BCUT2D eigenvalue weighted by Gasteiger charge is 2.21. The van der Waals surface area contributed by atoms with E-state index in [0.717, 1.165) is 69.4 Å². The van der Waals surface area contributed by atoms with Gasteiger partial charge in [0.1, 0.15) is 5.82 Å². The summed E-state index contributed by atoms with van der Waals surface area (Å²) in [5.41, 5.74) is 1.92. The molecule has 1 atom stereocenters. The molecule has 26 heavy (non-hydrogen) atoms. The molecule has 0 bridgehead atoms. The van der Waals surface area contributed by atoms with Gasteiger partial charge < -0.3 is 19.9 Å². The largest absolute Gasteiger partial charge is 0.379 e. The van der Waals surface area contributed by atoms with Crippen molar-refractivity contribution in [2.75, 3.05) is 54.5 Å². The van der Waals surface area contributed by atoms with Gasteiger partial charge in [-0.25, -0.2) is 4.39 Å². The van der Waals surface area contributed by atoms with E-state index < -0.39 is 0 Å². The van der Waals surface area contributed by atoms with E-state index in [1.165, 1.54) is 6.07 Å². The maximum absolute atomic E-state index is 13.5. The van der Waals surface area contributed by atoms with Gasteiger partial charge in [-0.05, 0) is 31.0 Å². The van der Waals surface area contributed by atoms with Gasteiger partial charge in [-0.2, -0.15) is 5.10 Å². The van der Waals surface area contributed by atoms with E-state index in [1.807, 2.05) is 6.07 Å². The molecule has 0 unspecified atom stereocenters. The Morgan fingerprint density at radius 1 is 1.12 bits per heavy atom. The second kappa shape index (κ2) is 7.86. The molecule has 2 fully saturated rings. The fourth-order valence-corrected chi connectivity index (χ4v) is 3.62. The number of piperidine rings is 1. The monoisotopic (exact) mass is 357 g/mol. The molecule has 0 saturated carbocycles. The lowest BCUT2D eigenvalue weighted by Crippen LogP contribution is -2.42. The van der Waals surface area contributed by atoms with Crippen LogP contribution < -0.4 is 15.1 Å². The predicted octanol–water partition coefficient (Wildman–Crippen LogP) is 2.53. The van der Waals surface area contributed by atoms with Crippen LogP contribution in [0, 0.1) is 5.82 Å². The number of anilines is 3. The lowest BCUT2D eigenvalue weighted by Gasteiger charge is -2.35. The lowest BCUT2D eigenvalue weighted by atomic mass is 10.0. The number of nitrogens with one attached hydrogen (secondary N) is 1. The van der Waals surface area contributed by atoms with Gasteiger partial charge in [-0.15, -0.1) is 5.10 Å². The van der Waals surface area contributed by atoms with Gasteiger partial charge in [0.2, 0.25) is 0 Å². The van der Waals surface area contributed by atoms with Crippen LogP contribution in [0.15, 0.2) is 36.5 Å². The molecule has 138 valence electrons. The van der Waals surface area contributed by atoms with E-state index in [1.54, 1.807) is 18.3 Å². The minimum Gasteiger partial charge on any atom is -0.379 e. The summed E-state index contributed by atoms with van der Waals surface area (Å²) in [6.07, 6.45) is 3.93. The van der Waals surface area contributed by atoms with Gasteiger partial charge >= 0.3 is 0 Å². The maximum atomic E-state index is 13.5. The summed E-state index contributed by atoms with van der Waals surface area (Å²) in [7, 11) is 0. The summed E-state index contributed by atoms with van der Waals surface area (Å²) in [6.45, 7) is 4.94. The molecule has 0 radical (unpaired) electrons. The van der Waals surface area contributed by atoms with Crippen molar-refractivity contribution in [2.24, 2.45) is 0 Å². The molecule has 4 rings (SSSR count). The smallest absolute Gasteiger partial charge is 0.153 e. The minimum absolute atomic E-state index is 0.189. The molecule has 2 aromatic rings. The van der Waals surface area contributed by atoms with Crippen LogP contribution >= 0.6 is 0 Å². The average Bonchev–Trinajstić information content (AvgIpc) is 2.69. The molecule has 7 heteroatoms. The van der Waals surface area contributed by atoms with Gasteiger partial charge in [-0.3, -0.25) is 0 Å². The molecule has 6 nitrogen and oxygen atoms in total. The average molecular weight is 357 g/mol. The number of ether oxygens (including phenoxy) is 1. The van der Waals surface area contributed by atoms with E-state index in [9.17, 15) is 4.39 Å². The van der Waals surface area contributed by atoms with Gasteiger partial charge in [0.05, 0.1) is 25.1 Å². The summed E-state index contributed by atoms with van der Waals surface area (Å²) < 4.78 is 18.9. The standard InChI is InChI=1S/C19H24FN5O/c20-15-3-1-5-18(11-15)25-6-2-4-16(14-25)22-17-12-19(23-21-13-17)24-7-9-26-10-8-24/h1,3,5,11-13,16H,2,4,6-10,14H2,(H,22,23)/t16-/m1/s1. The Kier molecular flexibility index (Phi) is 5.15. The molecular formula is C19H24FN5O. The van der Waals surface area contributed by atoms with Gasteiger partial charge in [0, 0.05) is 44.0 Å². The summed E-state index contributed by atoms with van der Waals surface area (Å²) in [6, 6.07) is 9.18. The number of rotatable bonds is 4. The van der Waals surface area contributed by atoms with Crippen LogP contribution in [0.25, 0.3) is 0 Å². The Labute approximate surface area is 153 Å². The van der Waals surface area contributed by atoms with Crippen LogP contribution in [-0.2, 0) is 4.74 Å². The van der Waals surface area contributed by atoms with Crippen LogP contribution in [-0.4, -0.2) is 55.6 Å². The Hall–Kier alpha value is -2.41. The Morgan fingerprint density at radius 2 is 2.00 bits per heavy atom. The second-order valence-electron chi connectivity index (χ2n) is 6.81. The Bertz CT molecular complexity index is 737. The van der Waals surface area contributed by atoms with Crippen molar-refractivity contribution in [1.29, 1.82) is 0 Å². The van der Waals surface area contributed by atoms with Crippen molar-refractivity contribution >= 4 is 17.2 Å². The van der Waals surface area contributed by atoms with E-state index in [0.29, 0.717) is 6.04 Å². The second-order valence-corrected chi connectivity index (χ2v) is 6.81. The maximum Gasteiger partial charge on any atom is 0.153 e. The quantitative estimate of drug-likeness (QED) is 0.908. The minimum atomic E-state index is -0.189. The van der Waals surface area contributed by atoms with Crippen LogP contribution in [0.4, 0.5) is 21.6 Å². The summed E-state index contributed by atoms with van der Waals surface area (Å²) >= 11 is 0. The first-order valence-corrected chi connectivity index (χ1v) is 9.20. The van der Waals surface area contributed by atoms with Crippen LogP contribution in [0.1, 0.15) is 12.8 Å². The fourth-order valence-electron chi connectivity index (χ4n) is 3.62. The highest BCUT2D eigenvalue weighted by atomic mass is 19.1. The highest BCUT2D eigenvalue weighted by molar-refractivity contribution is 5.53. The zero-order valence-electron chi connectivity index (χ0n) is 14.8. The zero-order chi connectivity index (χ0) is 17.8. The molecule has 0 spiro atoms. The number of nitrogens with zero attached hydrogens (tertiary/aromatic N) is 4. The van der Waals surface area contributed by atoms with Crippen molar-refractivity contribution in [3.63, 3.8) is 0 Å². The summed E-state index contributed by atoms with van der Waals surface area (Å²) in [4.78, 5) is 4.43. The number of morpholine rings is 1. The van der Waals surface area contributed by atoms with E-state index in [2.05, 4.69) is 31.4 Å². The summed E-state index contributed by atoms with van der Waals surface area (Å²) in [5.74, 6) is 0.696. The predicted molar refractivity (Wildman–Crippen MR) is 100 cm³/mol. The molecule has 0 amide bonds. The van der Waals surface area contributed by atoms with Crippen LogP contribution in [0.3, 0.4) is 0 Å². The molecule has 1 N–H and O–H groups in total. The first-order chi connectivity index (χ1) is 12.8. The molecule has 2 aliphatic heterocycles. The molecule has 1 aromatic carbocycles. The Balaban J connectivity index is 1.42. The normalized spacial score (nSPS) is 20.9. The fraction of sp³-hybridized carbons (Fsp3) is 0.474. The first kappa shape index (κ1) is 17.0. The highest BCUT2D eigenvalue weighted by Crippen LogP contribution is 2.23. The third-order valence-electron chi connectivity index (χ3n) is 4.94. The number of hydrogen-bond acceptors (Lipinski definition) is 6. The summed E-state index contributed by atoms with van der Waals surface area (Å²) in [5, 5.41) is 12.0. The number of benzene rings is 1. The topological polar surface area (TPSA) is 53.5 Å². The van der Waals surface area contributed by atoms with E-state index >= 15 is 0 Å². The molecular weight excluding hydrogens is 333 g/mol. The van der Waals surface area contributed by atoms with Crippen molar-refractivity contribution in [3.8, 4) is 0 Å². The van der Waals surface area contributed by atoms with Gasteiger partial charge in [0.25, 0.3) is 0 Å². The molecule has 3 heterocycles. The third-order valence-corrected chi connectivity index (χ3v) is 4.94. The lowest BCUT2D eigenvalue weighted by molar-refractivity contribution is 0.122. The SMILES string of the molecule is Fc1cccc(N2CCC[C@@H](Nc3cnnc(N4CCOCC4)c3)C2)c1. The Morgan fingerprint density at radius 3 is 2.85 bits per heavy atom. The number of halogens is 1. The number of aromatic nitrogens is 2. The number of hydrogen-bond donors (Lipinski definition) is 1. The van der Waals surface area contributed by atoms with Crippen molar-refractivity contribution in [1.82, 2.24) is 10.2 Å². The van der Waals surface area contributed by atoms with Crippen molar-refractivity contribution in [3.05, 3.63) is 42.3 Å². The zero-order valence-corrected chi connectivity index (χ0v) is 14.8. The molecule has 0 aliphatic carbocycles. The third kappa shape index (κ3) is 4.04. The van der Waals surface area contributed by atoms with Gasteiger partial charge in [0.15, 0.2) is 5.82 Å².